The van der Waals surface area contributed by atoms with Crippen LogP contribution < -0.4 is 10.3 Å². The van der Waals surface area contributed by atoms with Gasteiger partial charge >= 0.3 is 5.97 Å². The normalized spacial score (nSPS) is 10.8. The molecule has 0 saturated heterocycles. The first-order chi connectivity index (χ1) is 12.2. The van der Waals surface area contributed by atoms with Crippen molar-refractivity contribution < 1.29 is 14.3 Å². The predicted molar refractivity (Wildman–Crippen MR) is 99.5 cm³/mol. The van der Waals surface area contributed by atoms with E-state index in [9.17, 15) is 9.59 Å². The van der Waals surface area contributed by atoms with E-state index < -0.39 is 5.97 Å². The molecule has 0 radical (unpaired) electrons. The highest BCUT2D eigenvalue weighted by atomic mass is 16.5. The van der Waals surface area contributed by atoms with Gasteiger partial charge in [0.2, 0.25) is 0 Å². The maximum Gasteiger partial charge on any atom is 0.347 e. The van der Waals surface area contributed by atoms with E-state index in [0.717, 1.165) is 30.2 Å². The van der Waals surface area contributed by atoms with E-state index in [1.54, 1.807) is 11.5 Å². The van der Waals surface area contributed by atoms with Crippen LogP contribution in [0.3, 0.4) is 0 Å². The zero-order chi connectivity index (χ0) is 18.2. The van der Waals surface area contributed by atoms with Crippen LogP contribution >= 0.6 is 0 Å². The van der Waals surface area contributed by atoms with E-state index >= 15 is 0 Å². The highest BCUT2D eigenvalue weighted by molar-refractivity contribution is 5.99. The van der Waals surface area contributed by atoms with Crippen LogP contribution in [-0.2, 0) is 11.3 Å². The number of methoxy groups -OCH3 is 1. The quantitative estimate of drug-likeness (QED) is 0.506. The highest BCUT2D eigenvalue weighted by Gasteiger charge is 2.24. The topological polar surface area (TPSA) is 57.5 Å². The van der Waals surface area contributed by atoms with E-state index in [1.165, 1.54) is 20.0 Å². The van der Waals surface area contributed by atoms with E-state index in [2.05, 4.69) is 6.92 Å². The molecule has 0 N–H and O–H groups in total. The van der Waals surface area contributed by atoms with Gasteiger partial charge in [-0.3, -0.25) is 4.79 Å². The van der Waals surface area contributed by atoms with Crippen LogP contribution in [0.5, 0.6) is 5.75 Å². The molecule has 0 bridgehead atoms. The molecular weight excluding hydrogens is 318 g/mol. The van der Waals surface area contributed by atoms with Crippen molar-refractivity contribution in [3.8, 4) is 5.75 Å². The molecule has 2 aromatic rings. The largest absolute Gasteiger partial charge is 0.495 e. The number of rotatable bonds is 9. The average Bonchev–Trinajstić information content (AvgIpc) is 2.62. The molecule has 0 amide bonds. The third kappa shape index (κ3) is 4.21. The molecule has 2 rings (SSSR count). The number of pyridine rings is 1. The molecule has 0 unspecified atom stereocenters. The van der Waals surface area contributed by atoms with Crippen molar-refractivity contribution >= 4 is 16.9 Å². The second-order valence-electron chi connectivity index (χ2n) is 6.02. The molecular formula is C20H27NO4. The monoisotopic (exact) mass is 345 g/mol. The van der Waals surface area contributed by atoms with Crippen LogP contribution in [0.15, 0.2) is 29.1 Å². The molecule has 1 heterocycles. The molecule has 0 aliphatic rings. The summed E-state index contributed by atoms with van der Waals surface area (Å²) in [5.74, 6) is -0.337. The van der Waals surface area contributed by atoms with Gasteiger partial charge in [0.15, 0.2) is 5.56 Å². The van der Waals surface area contributed by atoms with Crippen LogP contribution in [0.25, 0.3) is 10.9 Å². The molecule has 136 valence electrons. The van der Waals surface area contributed by atoms with Crippen molar-refractivity contribution in [2.45, 2.75) is 52.5 Å². The van der Waals surface area contributed by atoms with Crippen molar-refractivity contribution in [1.29, 1.82) is 0 Å². The van der Waals surface area contributed by atoms with Gasteiger partial charge in [-0.1, -0.05) is 44.7 Å². The Kier molecular flexibility index (Phi) is 7.04. The Labute approximate surface area is 148 Å². The van der Waals surface area contributed by atoms with Gasteiger partial charge < -0.3 is 14.0 Å². The van der Waals surface area contributed by atoms with Crippen LogP contribution in [0.4, 0.5) is 0 Å². The summed E-state index contributed by atoms with van der Waals surface area (Å²) in [6, 6.07) is 7.51. The SMILES string of the molecule is CCCCCCCn1c(=O)c(C(=O)OCC)c(OC)c2ccccc21. The third-order valence-corrected chi connectivity index (χ3v) is 4.29. The van der Waals surface area contributed by atoms with Gasteiger partial charge in [-0.25, -0.2) is 4.79 Å². The Morgan fingerprint density at radius 2 is 1.80 bits per heavy atom. The summed E-state index contributed by atoms with van der Waals surface area (Å²) in [5, 5.41) is 0.751. The highest BCUT2D eigenvalue weighted by Crippen LogP contribution is 2.28. The molecule has 0 aliphatic carbocycles. The summed E-state index contributed by atoms with van der Waals surface area (Å²) < 4.78 is 12.2. The van der Waals surface area contributed by atoms with Gasteiger partial charge in [0.25, 0.3) is 5.56 Å². The number of para-hydroxylation sites is 1. The van der Waals surface area contributed by atoms with Crippen molar-refractivity contribution in [3.63, 3.8) is 0 Å². The lowest BCUT2D eigenvalue weighted by Gasteiger charge is -2.16. The number of aryl methyl sites for hydroxylation is 1. The van der Waals surface area contributed by atoms with E-state index in [1.807, 2.05) is 24.3 Å². The number of esters is 1. The number of unbranched alkanes of at least 4 members (excludes halogenated alkanes) is 4. The molecule has 1 aromatic carbocycles. The smallest absolute Gasteiger partial charge is 0.347 e. The van der Waals surface area contributed by atoms with Gasteiger partial charge in [-0.2, -0.15) is 0 Å². The number of hydrogen-bond acceptors (Lipinski definition) is 4. The van der Waals surface area contributed by atoms with Crippen LogP contribution in [0, 0.1) is 0 Å². The molecule has 5 nitrogen and oxygen atoms in total. The lowest BCUT2D eigenvalue weighted by atomic mass is 10.1. The number of fused-ring (bicyclic) bond motifs is 1. The van der Waals surface area contributed by atoms with Crippen LogP contribution in [0.1, 0.15) is 56.3 Å². The number of carbonyl (C=O) groups is 1. The number of benzene rings is 1. The van der Waals surface area contributed by atoms with Gasteiger partial charge in [0, 0.05) is 11.9 Å². The summed E-state index contributed by atoms with van der Waals surface area (Å²) >= 11 is 0. The average molecular weight is 345 g/mol. The lowest BCUT2D eigenvalue weighted by molar-refractivity contribution is 0.0520. The van der Waals surface area contributed by atoms with Gasteiger partial charge in [-0.15, -0.1) is 0 Å². The minimum atomic E-state index is -0.630. The van der Waals surface area contributed by atoms with Gasteiger partial charge in [0.1, 0.15) is 5.75 Å². The summed E-state index contributed by atoms with van der Waals surface area (Å²) in [5.41, 5.74) is 0.425. The fourth-order valence-electron chi connectivity index (χ4n) is 3.07. The van der Waals surface area contributed by atoms with Crippen LogP contribution in [-0.4, -0.2) is 24.3 Å². The fraction of sp³-hybridized carbons (Fsp3) is 0.500. The lowest BCUT2D eigenvalue weighted by Crippen LogP contribution is -2.29. The Balaban J connectivity index is 2.50. The number of nitrogens with zero attached hydrogens (tertiary/aromatic N) is 1. The number of carbonyl (C=O) groups excluding carboxylic acids is 1. The summed E-state index contributed by atoms with van der Waals surface area (Å²) in [4.78, 5) is 25.3. The Morgan fingerprint density at radius 3 is 2.48 bits per heavy atom. The van der Waals surface area contributed by atoms with Crippen molar-refractivity contribution in [2.24, 2.45) is 0 Å². The molecule has 25 heavy (non-hydrogen) atoms. The molecule has 0 aliphatic heterocycles. The number of aromatic nitrogens is 1. The van der Waals surface area contributed by atoms with E-state index in [0.29, 0.717) is 12.3 Å². The minimum absolute atomic E-state index is 0.0170. The molecule has 0 saturated carbocycles. The fourth-order valence-corrected chi connectivity index (χ4v) is 3.07. The second-order valence-corrected chi connectivity index (χ2v) is 6.02. The Hall–Kier alpha value is -2.30. The maximum atomic E-state index is 13.0. The number of ether oxygens (including phenoxy) is 2. The minimum Gasteiger partial charge on any atom is -0.495 e. The first kappa shape index (κ1) is 19.0. The van der Waals surface area contributed by atoms with Gasteiger partial charge in [-0.05, 0) is 25.5 Å². The number of hydrogen-bond donors (Lipinski definition) is 0. The molecule has 1 aromatic heterocycles. The third-order valence-electron chi connectivity index (χ3n) is 4.29. The molecule has 5 heteroatoms. The summed E-state index contributed by atoms with van der Waals surface area (Å²) in [6.45, 7) is 4.69. The zero-order valence-corrected chi connectivity index (χ0v) is 15.3. The molecule has 0 spiro atoms. The van der Waals surface area contributed by atoms with Crippen molar-refractivity contribution in [2.75, 3.05) is 13.7 Å². The maximum absolute atomic E-state index is 13.0. The van der Waals surface area contributed by atoms with E-state index in [-0.39, 0.29) is 17.7 Å². The molecule has 0 fully saturated rings. The van der Waals surface area contributed by atoms with Crippen molar-refractivity contribution in [3.05, 3.63) is 40.2 Å². The summed E-state index contributed by atoms with van der Waals surface area (Å²) in [7, 11) is 1.47. The van der Waals surface area contributed by atoms with Crippen LogP contribution in [0.2, 0.25) is 0 Å². The zero-order valence-electron chi connectivity index (χ0n) is 15.3. The van der Waals surface area contributed by atoms with Crippen molar-refractivity contribution in [1.82, 2.24) is 4.57 Å². The van der Waals surface area contributed by atoms with Gasteiger partial charge in [0.05, 0.1) is 19.2 Å². The standard InChI is InChI=1S/C20H27NO4/c1-4-6-7-8-11-14-21-16-13-10-9-12-15(16)18(24-3)17(19(21)22)20(23)25-5-2/h9-10,12-13H,4-8,11,14H2,1-3H3. The second kappa shape index (κ2) is 9.25. The Morgan fingerprint density at radius 1 is 1.08 bits per heavy atom. The summed E-state index contributed by atoms with van der Waals surface area (Å²) in [6.07, 6.45) is 5.50. The first-order valence-electron chi connectivity index (χ1n) is 9.02. The van der Waals surface area contributed by atoms with E-state index in [4.69, 9.17) is 9.47 Å². The first-order valence-corrected chi connectivity index (χ1v) is 9.02. The molecule has 0 atom stereocenters. The predicted octanol–water partition coefficient (Wildman–Crippen LogP) is 4.16. The Bertz CT molecular complexity index is 779.